The van der Waals surface area contributed by atoms with Crippen molar-refractivity contribution < 1.29 is 4.39 Å². The number of benzene rings is 2. The maximum absolute atomic E-state index is 13.7. The van der Waals surface area contributed by atoms with Crippen LogP contribution in [0.5, 0.6) is 0 Å². The molecule has 4 aromatic rings. The molecule has 7 nitrogen and oxygen atoms in total. The molecule has 0 amide bonds. The van der Waals surface area contributed by atoms with E-state index in [9.17, 15) is 14.0 Å². The highest BCUT2D eigenvalue weighted by atomic mass is 19.1. The first-order valence-corrected chi connectivity index (χ1v) is 11.2. The maximum atomic E-state index is 13.7. The summed E-state index contributed by atoms with van der Waals surface area (Å²) in [5.74, 6) is 0.254. The van der Waals surface area contributed by atoms with Crippen LogP contribution in [0.25, 0.3) is 10.9 Å². The third kappa shape index (κ3) is 3.75. The molecule has 0 saturated carbocycles. The number of halogens is 1. The van der Waals surface area contributed by atoms with Gasteiger partial charge in [-0.25, -0.2) is 9.37 Å². The Balaban J connectivity index is 1.60. The summed E-state index contributed by atoms with van der Waals surface area (Å²) in [6.45, 7) is 6.74. The largest absolute Gasteiger partial charge is 0.374 e. The van der Waals surface area contributed by atoms with Crippen molar-refractivity contribution >= 4 is 22.5 Å². The minimum absolute atomic E-state index is 0.146. The van der Waals surface area contributed by atoms with Crippen LogP contribution in [0.3, 0.4) is 0 Å². The van der Waals surface area contributed by atoms with Crippen LogP contribution in [0.1, 0.15) is 40.9 Å². The maximum Gasteiger partial charge on any atom is 0.271 e. The number of nitrogens with zero attached hydrogens (tertiary/aromatic N) is 3. The number of nitrogens with one attached hydrogen (secondary N) is 2. The van der Waals surface area contributed by atoms with Crippen LogP contribution in [0.2, 0.25) is 0 Å². The zero-order valence-corrected chi connectivity index (χ0v) is 19.6. The standard InChI is InChI=1S/C26H26FN5O2/c1-14-9-20(16(3)29-22-8-5-15(2)28-24(22)33)23-21(10-14)25(34)31(4)26(30-23)32-12-17-6-7-19(27)11-18(17)13-32/h5-11,16,29H,12-13H2,1-4H3,(H,28,33)/t16-/m1/s1. The first-order chi connectivity index (χ1) is 16.2. The average Bonchev–Trinajstić information content (AvgIpc) is 3.20. The van der Waals surface area contributed by atoms with Gasteiger partial charge in [-0.1, -0.05) is 12.1 Å². The lowest BCUT2D eigenvalue weighted by Gasteiger charge is -2.22. The van der Waals surface area contributed by atoms with Crippen molar-refractivity contribution in [3.05, 3.63) is 96.9 Å². The highest BCUT2D eigenvalue weighted by molar-refractivity contribution is 5.84. The van der Waals surface area contributed by atoms with Gasteiger partial charge in [0.1, 0.15) is 11.5 Å². The van der Waals surface area contributed by atoms with Crippen molar-refractivity contribution in [1.82, 2.24) is 14.5 Å². The van der Waals surface area contributed by atoms with Crippen LogP contribution in [0.15, 0.2) is 52.1 Å². The van der Waals surface area contributed by atoms with Crippen molar-refractivity contribution in [3.63, 3.8) is 0 Å². The molecule has 1 atom stereocenters. The summed E-state index contributed by atoms with van der Waals surface area (Å²) in [5, 5.41) is 3.79. The van der Waals surface area contributed by atoms with Crippen LogP contribution < -0.4 is 21.3 Å². The van der Waals surface area contributed by atoms with Crippen molar-refractivity contribution in [2.75, 3.05) is 10.2 Å². The second-order valence-corrected chi connectivity index (χ2v) is 9.05. The number of pyridine rings is 1. The molecule has 3 heterocycles. The van der Waals surface area contributed by atoms with E-state index in [0.717, 1.165) is 27.9 Å². The Labute approximate surface area is 195 Å². The molecular weight excluding hydrogens is 433 g/mol. The van der Waals surface area contributed by atoms with Crippen LogP contribution in [0, 0.1) is 19.7 Å². The first-order valence-electron chi connectivity index (χ1n) is 11.2. The molecule has 0 radical (unpaired) electrons. The number of fused-ring (bicyclic) bond motifs is 2. The molecule has 34 heavy (non-hydrogen) atoms. The molecule has 5 rings (SSSR count). The van der Waals surface area contributed by atoms with Gasteiger partial charge in [-0.15, -0.1) is 0 Å². The molecule has 0 spiro atoms. The number of aromatic nitrogens is 3. The number of H-pyrrole nitrogens is 1. The molecule has 0 fully saturated rings. The van der Waals surface area contributed by atoms with E-state index in [4.69, 9.17) is 4.98 Å². The lowest BCUT2D eigenvalue weighted by atomic mass is 10.0. The average molecular weight is 460 g/mol. The Kier molecular flexibility index (Phi) is 5.23. The van der Waals surface area contributed by atoms with E-state index in [1.165, 1.54) is 12.1 Å². The Hall–Kier alpha value is -3.94. The third-order valence-corrected chi connectivity index (χ3v) is 6.40. The minimum Gasteiger partial charge on any atom is -0.374 e. The molecule has 174 valence electrons. The summed E-state index contributed by atoms with van der Waals surface area (Å²) in [7, 11) is 1.71. The van der Waals surface area contributed by atoms with Crippen LogP contribution in [0.4, 0.5) is 16.0 Å². The molecule has 8 heteroatoms. The van der Waals surface area contributed by atoms with Gasteiger partial charge in [-0.2, -0.15) is 0 Å². The van der Waals surface area contributed by atoms with Gasteiger partial charge in [0.25, 0.3) is 11.1 Å². The predicted octanol–water partition coefficient (Wildman–Crippen LogP) is 4.07. The molecular formula is C26H26FN5O2. The molecule has 0 bridgehead atoms. The lowest BCUT2D eigenvalue weighted by Crippen LogP contribution is -2.28. The van der Waals surface area contributed by atoms with Gasteiger partial charge < -0.3 is 15.2 Å². The summed E-state index contributed by atoms with van der Waals surface area (Å²) in [6, 6.07) is 11.9. The molecule has 2 aromatic heterocycles. The SMILES string of the molecule is Cc1cc([C@@H](C)Nc2ccc(C)[nH]c2=O)c2nc(N3Cc4ccc(F)cc4C3)n(C)c(=O)c2c1. The van der Waals surface area contributed by atoms with E-state index in [1.54, 1.807) is 23.7 Å². The molecule has 2 aromatic carbocycles. The Morgan fingerprint density at radius 3 is 2.59 bits per heavy atom. The number of hydrogen-bond donors (Lipinski definition) is 2. The fourth-order valence-corrected chi connectivity index (χ4v) is 4.66. The summed E-state index contributed by atoms with van der Waals surface area (Å²) < 4.78 is 15.3. The van der Waals surface area contributed by atoms with E-state index in [0.29, 0.717) is 35.6 Å². The number of aryl methyl sites for hydroxylation is 2. The molecule has 0 saturated heterocycles. The van der Waals surface area contributed by atoms with Crippen molar-refractivity contribution in [3.8, 4) is 0 Å². The molecule has 0 unspecified atom stereocenters. The summed E-state index contributed by atoms with van der Waals surface area (Å²) >= 11 is 0. The van der Waals surface area contributed by atoms with Crippen molar-refractivity contribution in [1.29, 1.82) is 0 Å². The highest BCUT2D eigenvalue weighted by Crippen LogP contribution is 2.30. The number of rotatable bonds is 4. The topological polar surface area (TPSA) is 83.0 Å². The molecule has 1 aliphatic heterocycles. The third-order valence-electron chi connectivity index (χ3n) is 6.40. The van der Waals surface area contributed by atoms with Gasteiger partial charge in [0.05, 0.1) is 16.9 Å². The zero-order chi connectivity index (χ0) is 24.1. The Morgan fingerprint density at radius 1 is 1.06 bits per heavy atom. The minimum atomic E-state index is -0.275. The van der Waals surface area contributed by atoms with E-state index < -0.39 is 0 Å². The molecule has 1 aliphatic rings. The fraction of sp³-hybridized carbons (Fsp3) is 0.269. The monoisotopic (exact) mass is 459 g/mol. The van der Waals surface area contributed by atoms with E-state index in [2.05, 4.69) is 10.3 Å². The van der Waals surface area contributed by atoms with Gasteiger partial charge in [-0.3, -0.25) is 14.2 Å². The van der Waals surface area contributed by atoms with E-state index in [1.807, 2.05) is 43.9 Å². The first kappa shape index (κ1) is 21.9. The van der Waals surface area contributed by atoms with E-state index >= 15 is 0 Å². The second-order valence-electron chi connectivity index (χ2n) is 9.05. The number of anilines is 2. The van der Waals surface area contributed by atoms with Gasteiger partial charge in [0.2, 0.25) is 5.95 Å². The summed E-state index contributed by atoms with van der Waals surface area (Å²) in [4.78, 5) is 35.5. The number of hydrogen-bond acceptors (Lipinski definition) is 5. The zero-order valence-electron chi connectivity index (χ0n) is 19.6. The van der Waals surface area contributed by atoms with Crippen LogP contribution in [-0.4, -0.2) is 14.5 Å². The predicted molar refractivity (Wildman–Crippen MR) is 132 cm³/mol. The Morgan fingerprint density at radius 2 is 1.82 bits per heavy atom. The second kappa shape index (κ2) is 8.13. The fourth-order valence-electron chi connectivity index (χ4n) is 4.66. The van der Waals surface area contributed by atoms with Crippen LogP contribution >= 0.6 is 0 Å². The van der Waals surface area contributed by atoms with Crippen molar-refractivity contribution in [2.24, 2.45) is 7.05 Å². The quantitative estimate of drug-likeness (QED) is 0.481. The summed E-state index contributed by atoms with van der Waals surface area (Å²) in [5.41, 5.74) is 5.17. The molecule has 2 N–H and O–H groups in total. The lowest BCUT2D eigenvalue weighted by molar-refractivity contribution is 0.626. The Bertz CT molecular complexity index is 1560. The van der Waals surface area contributed by atoms with E-state index in [-0.39, 0.29) is 23.0 Å². The van der Waals surface area contributed by atoms with Crippen LogP contribution in [-0.2, 0) is 20.1 Å². The highest BCUT2D eigenvalue weighted by Gasteiger charge is 2.25. The van der Waals surface area contributed by atoms with Gasteiger partial charge in [-0.05, 0) is 67.8 Å². The smallest absolute Gasteiger partial charge is 0.271 e. The molecule has 0 aliphatic carbocycles. The van der Waals surface area contributed by atoms with Crippen molar-refractivity contribution in [2.45, 2.75) is 39.9 Å². The van der Waals surface area contributed by atoms with Gasteiger partial charge in [0, 0.05) is 31.4 Å². The van der Waals surface area contributed by atoms with Gasteiger partial charge >= 0.3 is 0 Å². The summed E-state index contributed by atoms with van der Waals surface area (Å²) in [6.07, 6.45) is 0. The van der Waals surface area contributed by atoms with Gasteiger partial charge in [0.15, 0.2) is 0 Å². The number of aromatic amines is 1. The normalized spacial score (nSPS) is 13.9.